The number of carbonyl (C=O) groups is 1. The highest BCUT2D eigenvalue weighted by atomic mass is 32.1. The predicted octanol–water partition coefficient (Wildman–Crippen LogP) is 0.267. The average molecular weight is 254 g/mol. The lowest BCUT2D eigenvalue weighted by molar-refractivity contribution is -0.118. The second-order valence-corrected chi connectivity index (χ2v) is 4.39. The summed E-state index contributed by atoms with van der Waals surface area (Å²) in [4.78, 5) is 22.8. The van der Waals surface area contributed by atoms with Crippen molar-refractivity contribution in [2.24, 2.45) is 17.6 Å². The number of hydrogen-bond acceptors (Lipinski definition) is 4. The summed E-state index contributed by atoms with van der Waals surface area (Å²) < 4.78 is 0. The molecule has 17 heavy (non-hydrogen) atoms. The highest BCUT2D eigenvalue weighted by Gasteiger charge is 2.25. The van der Waals surface area contributed by atoms with E-state index in [1.165, 1.54) is 12.1 Å². The Bertz CT molecular complexity index is 463. The monoisotopic (exact) mass is 254 g/mol. The molecule has 6 nitrogen and oxygen atoms in total. The summed E-state index contributed by atoms with van der Waals surface area (Å²) >= 11 is 4.85. The summed E-state index contributed by atoms with van der Waals surface area (Å²) in [5, 5.41) is 8.43. The minimum Gasteiger partial charge on any atom is -0.393 e. The van der Waals surface area contributed by atoms with Gasteiger partial charge in [0.25, 0.3) is 5.56 Å². The summed E-state index contributed by atoms with van der Waals surface area (Å²) in [5.41, 5.74) is 5.17. The maximum absolute atomic E-state index is 11.9. The molecule has 1 unspecified atom stereocenters. The number of rotatable bonds is 4. The maximum atomic E-state index is 11.9. The molecule has 1 aromatic heterocycles. The average Bonchev–Trinajstić information content (AvgIpc) is 2.20. The first-order valence-corrected chi connectivity index (χ1v) is 5.48. The Balaban J connectivity index is 2.80. The van der Waals surface area contributed by atoms with E-state index < -0.39 is 5.92 Å². The van der Waals surface area contributed by atoms with Crippen LogP contribution in [0.15, 0.2) is 16.9 Å². The second kappa shape index (κ2) is 5.53. The summed E-state index contributed by atoms with van der Waals surface area (Å²) in [6.45, 7) is 3.70. The molecule has 1 atom stereocenters. The molecular weight excluding hydrogens is 240 g/mol. The quantitative estimate of drug-likeness (QED) is 0.669. The molecular formula is C10H14N4O2S. The fourth-order valence-electron chi connectivity index (χ4n) is 1.38. The zero-order valence-electron chi connectivity index (χ0n) is 9.56. The Kier molecular flexibility index (Phi) is 4.33. The van der Waals surface area contributed by atoms with E-state index in [0.29, 0.717) is 0 Å². The van der Waals surface area contributed by atoms with E-state index in [2.05, 4.69) is 15.5 Å². The molecule has 0 aromatic carbocycles. The number of aromatic nitrogens is 2. The minimum absolute atomic E-state index is 0.00439. The van der Waals surface area contributed by atoms with E-state index in [0.717, 1.165) is 0 Å². The number of nitrogens with two attached hydrogens (primary N) is 1. The molecule has 0 fully saturated rings. The lowest BCUT2D eigenvalue weighted by Crippen LogP contribution is -2.37. The van der Waals surface area contributed by atoms with Gasteiger partial charge in [-0.3, -0.25) is 9.59 Å². The number of amides is 1. The summed E-state index contributed by atoms with van der Waals surface area (Å²) in [5.74, 6) is -0.627. The highest BCUT2D eigenvalue weighted by molar-refractivity contribution is 7.80. The van der Waals surface area contributed by atoms with Gasteiger partial charge in [-0.25, -0.2) is 5.10 Å². The Morgan fingerprint density at radius 2 is 2.18 bits per heavy atom. The fourth-order valence-corrected chi connectivity index (χ4v) is 1.76. The van der Waals surface area contributed by atoms with Crippen LogP contribution in [-0.4, -0.2) is 21.1 Å². The van der Waals surface area contributed by atoms with Crippen molar-refractivity contribution >= 4 is 28.9 Å². The van der Waals surface area contributed by atoms with Crippen molar-refractivity contribution in [1.82, 2.24) is 10.2 Å². The van der Waals surface area contributed by atoms with Gasteiger partial charge in [0.2, 0.25) is 5.91 Å². The first kappa shape index (κ1) is 13.3. The van der Waals surface area contributed by atoms with Crippen LogP contribution < -0.4 is 16.6 Å². The Labute approximate surface area is 104 Å². The topological polar surface area (TPSA) is 101 Å². The number of hydrogen-bond donors (Lipinski definition) is 3. The molecule has 1 rings (SSSR count). The minimum atomic E-state index is -0.557. The highest BCUT2D eigenvalue weighted by Crippen LogP contribution is 2.13. The van der Waals surface area contributed by atoms with Crippen molar-refractivity contribution in [3.63, 3.8) is 0 Å². The zero-order valence-corrected chi connectivity index (χ0v) is 10.4. The normalized spacial score (nSPS) is 12.2. The van der Waals surface area contributed by atoms with Gasteiger partial charge in [-0.15, -0.1) is 0 Å². The van der Waals surface area contributed by atoms with Gasteiger partial charge in [0.05, 0.1) is 10.9 Å². The van der Waals surface area contributed by atoms with Crippen LogP contribution in [0.3, 0.4) is 0 Å². The molecule has 0 bridgehead atoms. The lowest BCUT2D eigenvalue weighted by atomic mass is 9.95. The van der Waals surface area contributed by atoms with Crippen LogP contribution in [0.2, 0.25) is 0 Å². The summed E-state index contributed by atoms with van der Waals surface area (Å²) in [6, 6.07) is 2.68. The molecule has 0 aliphatic carbocycles. The lowest BCUT2D eigenvalue weighted by Gasteiger charge is -2.18. The first-order valence-electron chi connectivity index (χ1n) is 5.07. The molecule has 4 N–H and O–H groups in total. The van der Waals surface area contributed by atoms with Gasteiger partial charge < -0.3 is 11.1 Å². The van der Waals surface area contributed by atoms with Gasteiger partial charge in [0.1, 0.15) is 0 Å². The van der Waals surface area contributed by atoms with Gasteiger partial charge in [-0.1, -0.05) is 26.1 Å². The van der Waals surface area contributed by atoms with E-state index in [-0.39, 0.29) is 28.2 Å². The summed E-state index contributed by atoms with van der Waals surface area (Å²) in [7, 11) is 0. The van der Waals surface area contributed by atoms with Crippen LogP contribution in [0.4, 0.5) is 5.82 Å². The third-order valence-electron chi connectivity index (χ3n) is 2.19. The van der Waals surface area contributed by atoms with Gasteiger partial charge in [-0.05, 0) is 12.0 Å². The molecule has 0 saturated carbocycles. The number of nitrogens with zero attached hydrogens (tertiary/aromatic N) is 1. The molecule has 1 heterocycles. The Hall–Kier alpha value is -1.76. The largest absolute Gasteiger partial charge is 0.393 e. The van der Waals surface area contributed by atoms with E-state index >= 15 is 0 Å². The SMILES string of the molecule is CC(C)C(C(=O)Nc1ccc(=O)[nH]n1)C(N)=S. The summed E-state index contributed by atoms with van der Waals surface area (Å²) in [6.07, 6.45) is 0. The first-order chi connectivity index (χ1) is 7.91. The van der Waals surface area contributed by atoms with Gasteiger partial charge in [0.15, 0.2) is 5.82 Å². The van der Waals surface area contributed by atoms with Crippen molar-refractivity contribution in [3.8, 4) is 0 Å². The van der Waals surface area contributed by atoms with E-state index in [9.17, 15) is 9.59 Å². The number of carbonyl (C=O) groups excluding carboxylic acids is 1. The number of thiocarbonyl (C=S) groups is 1. The smallest absolute Gasteiger partial charge is 0.264 e. The standard InChI is InChI=1S/C10H14N4O2S/c1-5(2)8(9(11)17)10(16)12-6-3-4-7(15)14-13-6/h3-5,8H,1-2H3,(H2,11,17)(H,14,15)(H,12,13,16). The third-order valence-corrected chi connectivity index (χ3v) is 2.44. The number of aromatic amines is 1. The van der Waals surface area contributed by atoms with Crippen LogP contribution in [0.5, 0.6) is 0 Å². The molecule has 92 valence electrons. The second-order valence-electron chi connectivity index (χ2n) is 3.92. The molecule has 0 saturated heterocycles. The van der Waals surface area contributed by atoms with Crippen molar-refractivity contribution in [1.29, 1.82) is 0 Å². The molecule has 0 aliphatic heterocycles. The Morgan fingerprint density at radius 1 is 1.53 bits per heavy atom. The van der Waals surface area contributed by atoms with Crippen LogP contribution in [0.25, 0.3) is 0 Å². The van der Waals surface area contributed by atoms with E-state index in [1.54, 1.807) is 0 Å². The van der Waals surface area contributed by atoms with Gasteiger partial charge in [-0.2, -0.15) is 5.10 Å². The van der Waals surface area contributed by atoms with E-state index in [1.807, 2.05) is 13.8 Å². The van der Waals surface area contributed by atoms with Crippen molar-refractivity contribution < 1.29 is 4.79 Å². The van der Waals surface area contributed by atoms with Crippen LogP contribution >= 0.6 is 12.2 Å². The zero-order chi connectivity index (χ0) is 13.0. The van der Waals surface area contributed by atoms with Crippen molar-refractivity contribution in [2.75, 3.05) is 5.32 Å². The molecule has 1 aromatic rings. The van der Waals surface area contributed by atoms with Gasteiger partial charge in [0, 0.05) is 6.07 Å². The van der Waals surface area contributed by atoms with Crippen LogP contribution in [0, 0.1) is 11.8 Å². The number of anilines is 1. The third kappa shape index (κ3) is 3.63. The maximum Gasteiger partial charge on any atom is 0.264 e. The molecule has 1 amide bonds. The van der Waals surface area contributed by atoms with Crippen molar-refractivity contribution in [2.45, 2.75) is 13.8 Å². The van der Waals surface area contributed by atoms with E-state index in [4.69, 9.17) is 18.0 Å². The number of nitrogens with one attached hydrogen (secondary N) is 2. The van der Waals surface area contributed by atoms with Crippen molar-refractivity contribution in [3.05, 3.63) is 22.5 Å². The predicted molar refractivity (Wildman–Crippen MR) is 68.6 cm³/mol. The molecule has 7 heteroatoms. The molecule has 0 radical (unpaired) electrons. The Morgan fingerprint density at radius 3 is 2.59 bits per heavy atom. The number of H-pyrrole nitrogens is 1. The van der Waals surface area contributed by atoms with Crippen LogP contribution in [-0.2, 0) is 4.79 Å². The molecule has 0 aliphatic rings. The molecule has 0 spiro atoms. The van der Waals surface area contributed by atoms with Gasteiger partial charge >= 0.3 is 0 Å². The fraction of sp³-hybridized carbons (Fsp3) is 0.400. The van der Waals surface area contributed by atoms with Crippen LogP contribution in [0.1, 0.15) is 13.8 Å².